The van der Waals surface area contributed by atoms with E-state index < -0.39 is 18.2 Å². The van der Waals surface area contributed by atoms with E-state index in [1.165, 1.54) is 36.4 Å². The van der Waals surface area contributed by atoms with Crippen molar-refractivity contribution >= 4 is 11.8 Å². The average molecular weight is 325 g/mol. The topological polar surface area (TPSA) is 59.0 Å². The van der Waals surface area contributed by atoms with E-state index >= 15 is 0 Å². The van der Waals surface area contributed by atoms with Crippen molar-refractivity contribution in [2.24, 2.45) is 0 Å². The first-order chi connectivity index (χ1) is 10.8. The van der Waals surface area contributed by atoms with Gasteiger partial charge in [-0.3, -0.25) is 4.90 Å². The molecule has 5 nitrogen and oxygen atoms in total. The second-order valence-electron chi connectivity index (χ2n) is 4.76. The van der Waals surface area contributed by atoms with Crippen molar-refractivity contribution in [1.29, 1.82) is 0 Å². The average Bonchev–Trinajstić information content (AvgIpc) is 2.45. The molecular weight excluding hydrogens is 315 g/mol. The van der Waals surface area contributed by atoms with Gasteiger partial charge in [-0.25, -0.2) is 4.79 Å². The Bertz CT molecular complexity index is 761. The van der Waals surface area contributed by atoms with E-state index in [0.717, 1.165) is 11.0 Å². The summed E-state index contributed by atoms with van der Waals surface area (Å²) in [4.78, 5) is 13.1. The van der Waals surface area contributed by atoms with Crippen molar-refractivity contribution in [3.05, 3.63) is 48.0 Å². The molecule has 2 aromatic carbocycles. The summed E-state index contributed by atoms with van der Waals surface area (Å²) in [5, 5.41) is 9.38. The number of para-hydroxylation sites is 2. The molecule has 120 valence electrons. The first kappa shape index (κ1) is 15.0. The summed E-state index contributed by atoms with van der Waals surface area (Å²) in [7, 11) is 0. The van der Waals surface area contributed by atoms with E-state index in [1.54, 1.807) is 0 Å². The van der Waals surface area contributed by atoms with Crippen LogP contribution in [0, 0.1) is 0 Å². The van der Waals surface area contributed by atoms with Crippen LogP contribution in [-0.2, 0) is 6.54 Å². The molecule has 0 saturated carbocycles. The van der Waals surface area contributed by atoms with Crippen LogP contribution in [0.25, 0.3) is 0 Å². The van der Waals surface area contributed by atoms with Gasteiger partial charge >= 0.3 is 12.5 Å². The normalized spacial score (nSPS) is 14.2. The molecule has 23 heavy (non-hydrogen) atoms. The number of alkyl halides is 3. The second kappa shape index (κ2) is 5.38. The van der Waals surface area contributed by atoms with Crippen molar-refractivity contribution < 1.29 is 32.5 Å². The van der Waals surface area contributed by atoms with Gasteiger partial charge in [0.2, 0.25) is 0 Å². The minimum Gasteiger partial charge on any atom is -0.508 e. The number of hydrogen-bond donors (Lipinski definition) is 1. The zero-order valence-electron chi connectivity index (χ0n) is 11.5. The Labute approximate surface area is 128 Å². The summed E-state index contributed by atoms with van der Waals surface area (Å²) in [5.41, 5.74) is 0.484. The third kappa shape index (κ3) is 3.15. The van der Waals surface area contributed by atoms with Crippen molar-refractivity contribution in [2.45, 2.75) is 12.9 Å². The maximum atomic E-state index is 12.5. The van der Waals surface area contributed by atoms with Crippen LogP contribution in [0.3, 0.4) is 0 Å². The summed E-state index contributed by atoms with van der Waals surface area (Å²) in [6.45, 7) is -0.00726. The van der Waals surface area contributed by atoms with Gasteiger partial charge in [0.1, 0.15) is 11.5 Å². The molecule has 1 aliphatic rings. The van der Waals surface area contributed by atoms with E-state index in [0.29, 0.717) is 5.56 Å². The van der Waals surface area contributed by atoms with Crippen LogP contribution < -0.4 is 14.4 Å². The summed E-state index contributed by atoms with van der Waals surface area (Å²) < 4.78 is 46.5. The molecule has 0 fully saturated rings. The fourth-order valence-corrected chi connectivity index (χ4v) is 2.23. The molecule has 0 radical (unpaired) electrons. The van der Waals surface area contributed by atoms with Gasteiger partial charge in [0.15, 0.2) is 5.75 Å². The standard InChI is InChI=1S/C15H10F3NO4/c16-15(17,18)23-12-4-2-1-3-11(12)19-8-9-5-6-10(20)7-13(9)22-14(19)21/h1-7,20H,8H2. The molecule has 0 aliphatic carbocycles. The molecule has 2 aromatic rings. The smallest absolute Gasteiger partial charge is 0.508 e. The van der Waals surface area contributed by atoms with Gasteiger partial charge in [0.05, 0.1) is 12.2 Å². The Morgan fingerprint density at radius 1 is 1.17 bits per heavy atom. The number of phenols is 1. The highest BCUT2D eigenvalue weighted by atomic mass is 19.4. The van der Waals surface area contributed by atoms with Gasteiger partial charge in [0.25, 0.3) is 0 Å². The molecule has 8 heteroatoms. The number of carbonyl (C=O) groups excluding carboxylic acids is 1. The summed E-state index contributed by atoms with van der Waals surface area (Å²) in [5.74, 6) is -0.412. The third-order valence-electron chi connectivity index (χ3n) is 3.18. The number of benzene rings is 2. The zero-order chi connectivity index (χ0) is 16.6. The highest BCUT2D eigenvalue weighted by molar-refractivity contribution is 5.92. The minimum absolute atomic E-state index is 0.00726. The molecule has 0 unspecified atom stereocenters. The molecule has 1 aliphatic heterocycles. The number of anilines is 1. The molecule has 0 spiro atoms. The van der Waals surface area contributed by atoms with Gasteiger partial charge in [-0.1, -0.05) is 12.1 Å². The fraction of sp³-hybridized carbons (Fsp3) is 0.133. The highest BCUT2D eigenvalue weighted by Gasteiger charge is 2.35. The number of rotatable bonds is 2. The molecule has 1 amide bonds. The quantitative estimate of drug-likeness (QED) is 0.912. The minimum atomic E-state index is -4.88. The lowest BCUT2D eigenvalue weighted by Crippen LogP contribution is -2.37. The fourth-order valence-electron chi connectivity index (χ4n) is 2.23. The van der Waals surface area contributed by atoms with Crippen molar-refractivity contribution in [3.63, 3.8) is 0 Å². The van der Waals surface area contributed by atoms with Crippen LogP contribution in [0.15, 0.2) is 42.5 Å². The molecule has 1 heterocycles. The SMILES string of the molecule is O=C1Oc2cc(O)ccc2CN1c1ccccc1OC(F)(F)F. The van der Waals surface area contributed by atoms with Crippen LogP contribution in [-0.4, -0.2) is 17.6 Å². The van der Waals surface area contributed by atoms with E-state index in [-0.39, 0.29) is 23.7 Å². The molecule has 3 rings (SSSR count). The van der Waals surface area contributed by atoms with Crippen molar-refractivity contribution in [1.82, 2.24) is 0 Å². The number of hydrogen-bond acceptors (Lipinski definition) is 4. The lowest BCUT2D eigenvalue weighted by atomic mass is 10.1. The van der Waals surface area contributed by atoms with E-state index in [4.69, 9.17) is 4.74 Å². The van der Waals surface area contributed by atoms with E-state index in [2.05, 4.69) is 4.74 Å². The summed E-state index contributed by atoms with van der Waals surface area (Å²) in [6.07, 6.45) is -5.74. The van der Waals surface area contributed by atoms with Crippen LogP contribution in [0.1, 0.15) is 5.56 Å². The number of halogens is 3. The third-order valence-corrected chi connectivity index (χ3v) is 3.18. The van der Waals surface area contributed by atoms with Gasteiger partial charge in [-0.15, -0.1) is 13.2 Å². The van der Waals surface area contributed by atoms with E-state index in [9.17, 15) is 23.1 Å². The summed E-state index contributed by atoms with van der Waals surface area (Å²) in [6, 6.07) is 9.48. The van der Waals surface area contributed by atoms with Gasteiger partial charge in [-0.2, -0.15) is 0 Å². The highest BCUT2D eigenvalue weighted by Crippen LogP contribution is 2.37. The number of nitrogens with zero attached hydrogens (tertiary/aromatic N) is 1. The number of amides is 1. The Balaban J connectivity index is 1.97. The number of aromatic hydroxyl groups is 1. The molecule has 1 N–H and O–H groups in total. The maximum absolute atomic E-state index is 12.5. The van der Waals surface area contributed by atoms with Crippen molar-refractivity contribution in [2.75, 3.05) is 4.90 Å². The Kier molecular flexibility index (Phi) is 3.51. The van der Waals surface area contributed by atoms with Crippen LogP contribution in [0.2, 0.25) is 0 Å². The molecule has 0 aromatic heterocycles. The monoisotopic (exact) mass is 325 g/mol. The Morgan fingerprint density at radius 2 is 1.91 bits per heavy atom. The van der Waals surface area contributed by atoms with Gasteiger partial charge < -0.3 is 14.6 Å². The predicted octanol–water partition coefficient (Wildman–Crippen LogP) is 3.81. The maximum Gasteiger partial charge on any atom is 0.573 e. The first-order valence-corrected chi connectivity index (χ1v) is 6.49. The Morgan fingerprint density at radius 3 is 2.65 bits per heavy atom. The van der Waals surface area contributed by atoms with Crippen LogP contribution in [0.4, 0.5) is 23.7 Å². The van der Waals surface area contributed by atoms with Gasteiger partial charge in [0, 0.05) is 11.6 Å². The summed E-state index contributed by atoms with van der Waals surface area (Å²) >= 11 is 0. The van der Waals surface area contributed by atoms with Crippen LogP contribution >= 0.6 is 0 Å². The van der Waals surface area contributed by atoms with Crippen LogP contribution in [0.5, 0.6) is 17.2 Å². The largest absolute Gasteiger partial charge is 0.573 e. The number of carbonyl (C=O) groups is 1. The van der Waals surface area contributed by atoms with Gasteiger partial charge in [-0.05, 0) is 24.3 Å². The molecule has 0 saturated heterocycles. The lowest BCUT2D eigenvalue weighted by molar-refractivity contribution is -0.274. The zero-order valence-corrected chi connectivity index (χ0v) is 11.5. The molecular formula is C15H10F3NO4. The van der Waals surface area contributed by atoms with Crippen molar-refractivity contribution in [3.8, 4) is 17.2 Å². The number of phenolic OH excluding ortho intramolecular Hbond substituents is 1. The van der Waals surface area contributed by atoms with E-state index in [1.807, 2.05) is 0 Å². The first-order valence-electron chi connectivity index (χ1n) is 6.49. The number of fused-ring (bicyclic) bond motifs is 1. The lowest BCUT2D eigenvalue weighted by Gasteiger charge is -2.29. The predicted molar refractivity (Wildman–Crippen MR) is 73.4 cm³/mol. The second-order valence-corrected chi connectivity index (χ2v) is 4.76. The number of ether oxygens (including phenoxy) is 2. The molecule has 0 atom stereocenters. The molecule has 0 bridgehead atoms. The Hall–Kier alpha value is -2.90.